The van der Waals surface area contributed by atoms with E-state index >= 15 is 0 Å². The van der Waals surface area contributed by atoms with Crippen LogP contribution in [0.25, 0.3) is 0 Å². The Bertz CT molecular complexity index is 317. The molecule has 2 rings (SSSR count). The molecule has 0 amide bonds. The first kappa shape index (κ1) is 13.1. The molecule has 2 aliphatic carbocycles. The second-order valence-electron chi connectivity index (χ2n) is 7.01. The lowest BCUT2D eigenvalue weighted by molar-refractivity contribution is -0.0801. The molecule has 2 nitrogen and oxygen atoms in total. The summed E-state index contributed by atoms with van der Waals surface area (Å²) >= 11 is 0. The summed E-state index contributed by atoms with van der Waals surface area (Å²) < 4.78 is 0. The number of hydrogen-bond acceptors (Lipinski definition) is 2. The summed E-state index contributed by atoms with van der Waals surface area (Å²) in [5, 5.41) is 20.3. The highest BCUT2D eigenvalue weighted by molar-refractivity contribution is 5.14. The number of fused-ring (bicyclic) bond motifs is 1. The molecule has 0 aromatic carbocycles. The van der Waals surface area contributed by atoms with Crippen LogP contribution in [0.15, 0.2) is 12.2 Å². The summed E-state index contributed by atoms with van der Waals surface area (Å²) in [6, 6.07) is 0. The van der Waals surface area contributed by atoms with Gasteiger partial charge in [0.1, 0.15) is 0 Å². The average molecular weight is 238 g/mol. The SMILES string of the molecule is C=C1CCC(O)C(C)(O)CC[C@@H]2[C@@H]1CC2(C)C. The Kier molecular flexibility index (Phi) is 3.16. The van der Waals surface area contributed by atoms with Crippen molar-refractivity contribution in [1.29, 1.82) is 0 Å². The third-order valence-corrected chi connectivity index (χ3v) is 5.18. The molecule has 2 saturated carbocycles. The second-order valence-corrected chi connectivity index (χ2v) is 7.01. The van der Waals surface area contributed by atoms with Gasteiger partial charge in [0.25, 0.3) is 0 Å². The molecule has 0 aliphatic heterocycles. The van der Waals surface area contributed by atoms with E-state index < -0.39 is 11.7 Å². The first-order valence-electron chi connectivity index (χ1n) is 6.82. The fourth-order valence-corrected chi connectivity index (χ4v) is 3.70. The van der Waals surface area contributed by atoms with E-state index in [0.29, 0.717) is 30.1 Å². The zero-order valence-electron chi connectivity index (χ0n) is 11.4. The van der Waals surface area contributed by atoms with Crippen LogP contribution in [0, 0.1) is 17.3 Å². The normalized spacial score (nSPS) is 46.2. The minimum Gasteiger partial charge on any atom is -0.390 e. The van der Waals surface area contributed by atoms with Gasteiger partial charge in [-0.2, -0.15) is 0 Å². The molecule has 2 unspecified atom stereocenters. The van der Waals surface area contributed by atoms with Crippen LogP contribution in [-0.2, 0) is 0 Å². The summed E-state index contributed by atoms with van der Waals surface area (Å²) in [7, 11) is 0. The van der Waals surface area contributed by atoms with Crippen LogP contribution in [0.4, 0.5) is 0 Å². The lowest BCUT2D eigenvalue weighted by Crippen LogP contribution is -2.45. The van der Waals surface area contributed by atoms with Crippen LogP contribution in [0.1, 0.15) is 52.9 Å². The van der Waals surface area contributed by atoms with E-state index in [0.717, 1.165) is 12.8 Å². The quantitative estimate of drug-likeness (QED) is 0.637. The molecule has 0 heterocycles. The largest absolute Gasteiger partial charge is 0.390 e. The fourth-order valence-electron chi connectivity index (χ4n) is 3.70. The molecular weight excluding hydrogens is 212 g/mol. The summed E-state index contributed by atoms with van der Waals surface area (Å²) in [5.41, 5.74) is 0.728. The van der Waals surface area contributed by atoms with E-state index in [2.05, 4.69) is 20.4 Å². The van der Waals surface area contributed by atoms with Crippen molar-refractivity contribution in [2.45, 2.75) is 64.6 Å². The van der Waals surface area contributed by atoms with Crippen molar-refractivity contribution in [3.05, 3.63) is 12.2 Å². The Hall–Kier alpha value is -0.340. The number of aliphatic hydroxyl groups excluding tert-OH is 1. The average Bonchev–Trinajstić information content (AvgIpc) is 2.23. The standard InChI is InChI=1S/C15H26O2/c1-10-5-6-13(16)15(4,17)8-7-12-11(10)9-14(12,2)3/h11-13,16-17H,1,5-9H2,2-4H3/t11-,12-,13?,15?/m1/s1. The minimum atomic E-state index is -0.930. The lowest BCUT2D eigenvalue weighted by atomic mass is 9.52. The Balaban J connectivity index is 2.15. The zero-order chi connectivity index (χ0) is 12.8. The van der Waals surface area contributed by atoms with Crippen molar-refractivity contribution >= 4 is 0 Å². The molecule has 0 aromatic rings. The fraction of sp³-hybridized carbons (Fsp3) is 0.867. The highest BCUT2D eigenvalue weighted by atomic mass is 16.3. The van der Waals surface area contributed by atoms with Gasteiger partial charge in [-0.05, 0) is 56.3 Å². The molecule has 0 aromatic heterocycles. The lowest BCUT2D eigenvalue weighted by Gasteiger charge is -2.53. The Morgan fingerprint density at radius 1 is 1.24 bits per heavy atom. The van der Waals surface area contributed by atoms with Crippen molar-refractivity contribution in [3.8, 4) is 0 Å². The maximum atomic E-state index is 10.3. The van der Waals surface area contributed by atoms with Crippen LogP contribution < -0.4 is 0 Å². The number of rotatable bonds is 0. The van der Waals surface area contributed by atoms with Gasteiger partial charge in [0, 0.05) is 0 Å². The van der Waals surface area contributed by atoms with Crippen molar-refractivity contribution in [2.75, 3.05) is 0 Å². The Morgan fingerprint density at radius 2 is 1.88 bits per heavy atom. The van der Waals surface area contributed by atoms with E-state index in [-0.39, 0.29) is 0 Å². The van der Waals surface area contributed by atoms with Crippen LogP contribution in [0.2, 0.25) is 0 Å². The maximum Gasteiger partial charge on any atom is 0.0877 e. The molecule has 2 N–H and O–H groups in total. The maximum absolute atomic E-state index is 10.3. The van der Waals surface area contributed by atoms with E-state index in [4.69, 9.17) is 0 Å². The van der Waals surface area contributed by atoms with Gasteiger partial charge >= 0.3 is 0 Å². The molecule has 0 saturated heterocycles. The van der Waals surface area contributed by atoms with Crippen LogP contribution >= 0.6 is 0 Å². The molecule has 2 heteroatoms. The van der Waals surface area contributed by atoms with Crippen LogP contribution in [0.3, 0.4) is 0 Å². The summed E-state index contributed by atoms with van der Waals surface area (Å²) in [5.74, 6) is 1.25. The van der Waals surface area contributed by atoms with Gasteiger partial charge in [-0.1, -0.05) is 26.0 Å². The van der Waals surface area contributed by atoms with Gasteiger partial charge in [-0.3, -0.25) is 0 Å². The van der Waals surface area contributed by atoms with Gasteiger partial charge in [0.05, 0.1) is 11.7 Å². The van der Waals surface area contributed by atoms with Crippen LogP contribution in [-0.4, -0.2) is 21.9 Å². The van der Waals surface area contributed by atoms with Crippen LogP contribution in [0.5, 0.6) is 0 Å². The second kappa shape index (κ2) is 4.10. The zero-order valence-corrected chi connectivity index (χ0v) is 11.4. The summed E-state index contributed by atoms with van der Waals surface area (Å²) in [6.45, 7) is 10.6. The van der Waals surface area contributed by atoms with Crippen molar-refractivity contribution in [1.82, 2.24) is 0 Å². The molecule has 98 valence electrons. The monoisotopic (exact) mass is 238 g/mol. The topological polar surface area (TPSA) is 40.5 Å². The Labute approximate surface area is 105 Å². The van der Waals surface area contributed by atoms with E-state index in [1.165, 1.54) is 12.0 Å². The molecule has 0 radical (unpaired) electrons. The number of hydrogen-bond donors (Lipinski definition) is 2. The van der Waals surface area contributed by atoms with Gasteiger partial charge < -0.3 is 10.2 Å². The van der Waals surface area contributed by atoms with Gasteiger partial charge in [0.15, 0.2) is 0 Å². The predicted octanol–water partition coefficient (Wildman–Crippen LogP) is 2.89. The van der Waals surface area contributed by atoms with Crippen molar-refractivity contribution in [3.63, 3.8) is 0 Å². The molecule has 17 heavy (non-hydrogen) atoms. The first-order chi connectivity index (χ1) is 7.74. The van der Waals surface area contributed by atoms with Gasteiger partial charge in [0.2, 0.25) is 0 Å². The third-order valence-electron chi connectivity index (χ3n) is 5.18. The van der Waals surface area contributed by atoms with Crippen molar-refractivity contribution < 1.29 is 10.2 Å². The molecule has 2 fully saturated rings. The van der Waals surface area contributed by atoms with E-state index in [1.54, 1.807) is 6.92 Å². The highest BCUT2D eigenvalue weighted by Crippen LogP contribution is 2.57. The minimum absolute atomic E-state index is 0.374. The summed E-state index contributed by atoms with van der Waals surface area (Å²) in [4.78, 5) is 0. The van der Waals surface area contributed by atoms with E-state index in [1.807, 2.05) is 0 Å². The molecule has 0 bridgehead atoms. The van der Waals surface area contributed by atoms with E-state index in [9.17, 15) is 10.2 Å². The third kappa shape index (κ3) is 2.30. The highest BCUT2D eigenvalue weighted by Gasteiger charge is 2.49. The Morgan fingerprint density at radius 3 is 2.47 bits per heavy atom. The molecule has 4 atom stereocenters. The molecule has 0 spiro atoms. The smallest absolute Gasteiger partial charge is 0.0877 e. The number of allylic oxidation sites excluding steroid dienone is 1. The molecular formula is C15H26O2. The van der Waals surface area contributed by atoms with Crippen molar-refractivity contribution in [2.24, 2.45) is 17.3 Å². The number of aliphatic hydroxyl groups is 2. The predicted molar refractivity (Wildman–Crippen MR) is 69.6 cm³/mol. The van der Waals surface area contributed by atoms with Gasteiger partial charge in [-0.15, -0.1) is 0 Å². The molecule has 2 aliphatic rings. The van der Waals surface area contributed by atoms with Gasteiger partial charge in [-0.25, -0.2) is 0 Å². The first-order valence-corrected chi connectivity index (χ1v) is 6.82. The summed E-state index contributed by atoms with van der Waals surface area (Å²) in [6.07, 6.45) is 3.81.